The van der Waals surface area contributed by atoms with E-state index in [0.29, 0.717) is 19.0 Å². The molecule has 0 spiro atoms. The molecule has 0 bridgehead atoms. The predicted octanol–water partition coefficient (Wildman–Crippen LogP) is 4.44. The first-order valence-electron chi connectivity index (χ1n) is 6.91. The predicted molar refractivity (Wildman–Crippen MR) is 92.5 cm³/mol. The first kappa shape index (κ1) is 16.5. The number of nitro benzene ring substituents is 1. The van der Waals surface area contributed by atoms with Gasteiger partial charge in [-0.1, -0.05) is 0 Å². The molecule has 2 aromatic carbocycles. The van der Waals surface area contributed by atoms with Crippen LogP contribution >= 0.6 is 22.6 Å². The average Bonchev–Trinajstić information content (AvgIpc) is 2.53. The highest BCUT2D eigenvalue weighted by Crippen LogP contribution is 2.17. The molecule has 6 heteroatoms. The van der Waals surface area contributed by atoms with Crippen LogP contribution in [0.2, 0.25) is 0 Å². The summed E-state index contributed by atoms with van der Waals surface area (Å²) in [6.45, 7) is 1.21. The topological polar surface area (TPSA) is 61.6 Å². The van der Waals surface area contributed by atoms with Gasteiger partial charge in [-0.25, -0.2) is 0 Å². The monoisotopic (exact) mass is 413 g/mol. The first-order chi connectivity index (χ1) is 10.6. The fraction of sp³-hybridized carbons (Fsp3) is 0.250. The molecule has 0 saturated carbocycles. The van der Waals surface area contributed by atoms with Crippen LogP contribution in [0.4, 0.5) is 5.69 Å². The fourth-order valence-electron chi connectivity index (χ4n) is 1.78. The Balaban J connectivity index is 1.61. The van der Waals surface area contributed by atoms with Crippen molar-refractivity contribution >= 4 is 28.3 Å². The smallest absolute Gasteiger partial charge is 0.269 e. The normalized spacial score (nSPS) is 10.2. The molecular formula is C16H16INO4. The van der Waals surface area contributed by atoms with Crippen LogP contribution in [0.25, 0.3) is 0 Å². The van der Waals surface area contributed by atoms with Gasteiger partial charge in [-0.3, -0.25) is 10.1 Å². The Hall–Kier alpha value is -1.83. The molecule has 22 heavy (non-hydrogen) atoms. The number of non-ortho nitro benzene ring substituents is 1. The van der Waals surface area contributed by atoms with Gasteiger partial charge in [-0.05, 0) is 71.8 Å². The van der Waals surface area contributed by atoms with Crippen molar-refractivity contribution in [2.24, 2.45) is 0 Å². The summed E-state index contributed by atoms with van der Waals surface area (Å²) in [5, 5.41) is 10.5. The zero-order valence-electron chi connectivity index (χ0n) is 11.9. The summed E-state index contributed by atoms with van der Waals surface area (Å²) in [5.74, 6) is 1.51. The lowest BCUT2D eigenvalue weighted by atomic mass is 10.3. The first-order valence-corrected chi connectivity index (χ1v) is 7.98. The van der Waals surface area contributed by atoms with Crippen molar-refractivity contribution in [2.75, 3.05) is 13.2 Å². The van der Waals surface area contributed by atoms with Crippen molar-refractivity contribution in [3.8, 4) is 11.5 Å². The zero-order chi connectivity index (χ0) is 15.8. The summed E-state index contributed by atoms with van der Waals surface area (Å²) in [6, 6.07) is 14.0. The van der Waals surface area contributed by atoms with Crippen molar-refractivity contribution in [3.63, 3.8) is 0 Å². The summed E-state index contributed by atoms with van der Waals surface area (Å²) < 4.78 is 12.3. The van der Waals surface area contributed by atoms with Crippen molar-refractivity contribution in [3.05, 3.63) is 62.2 Å². The Bertz CT molecular complexity index is 599. The van der Waals surface area contributed by atoms with E-state index in [4.69, 9.17) is 9.47 Å². The van der Waals surface area contributed by atoms with Gasteiger partial charge in [-0.2, -0.15) is 0 Å². The number of ether oxygens (including phenoxy) is 2. The minimum Gasteiger partial charge on any atom is -0.494 e. The van der Waals surface area contributed by atoms with Crippen molar-refractivity contribution < 1.29 is 14.4 Å². The van der Waals surface area contributed by atoms with Crippen LogP contribution in [0.1, 0.15) is 12.8 Å². The molecule has 0 aliphatic carbocycles. The van der Waals surface area contributed by atoms with E-state index in [9.17, 15) is 10.1 Å². The summed E-state index contributed by atoms with van der Waals surface area (Å²) in [5.41, 5.74) is 0.0678. The molecule has 0 unspecified atom stereocenters. The molecule has 0 atom stereocenters. The zero-order valence-corrected chi connectivity index (χ0v) is 14.1. The van der Waals surface area contributed by atoms with Crippen molar-refractivity contribution in [2.45, 2.75) is 12.8 Å². The molecule has 0 saturated heterocycles. The molecular weight excluding hydrogens is 397 g/mol. The molecule has 0 aliphatic heterocycles. The van der Waals surface area contributed by atoms with Crippen LogP contribution in [0, 0.1) is 13.7 Å². The van der Waals surface area contributed by atoms with E-state index in [0.717, 1.165) is 18.6 Å². The van der Waals surface area contributed by atoms with E-state index in [1.165, 1.54) is 15.7 Å². The lowest BCUT2D eigenvalue weighted by molar-refractivity contribution is -0.384. The third-order valence-corrected chi connectivity index (χ3v) is 3.66. The second-order valence-corrected chi connectivity index (χ2v) is 5.85. The highest BCUT2D eigenvalue weighted by atomic mass is 127. The van der Waals surface area contributed by atoms with Crippen molar-refractivity contribution in [1.82, 2.24) is 0 Å². The Morgan fingerprint density at radius 2 is 1.32 bits per heavy atom. The van der Waals surface area contributed by atoms with Crippen LogP contribution in [0.15, 0.2) is 48.5 Å². The number of nitrogens with zero attached hydrogens (tertiary/aromatic N) is 1. The third-order valence-electron chi connectivity index (χ3n) is 2.94. The van der Waals surface area contributed by atoms with E-state index in [2.05, 4.69) is 22.6 Å². The third kappa shape index (κ3) is 5.51. The van der Waals surface area contributed by atoms with Crippen LogP contribution in [-0.4, -0.2) is 18.1 Å². The number of benzene rings is 2. The highest BCUT2D eigenvalue weighted by Gasteiger charge is 2.04. The summed E-state index contributed by atoms with van der Waals surface area (Å²) in [6.07, 6.45) is 1.75. The van der Waals surface area contributed by atoms with Crippen molar-refractivity contribution in [1.29, 1.82) is 0 Å². The summed E-state index contributed by atoms with van der Waals surface area (Å²) in [7, 11) is 0. The van der Waals surface area contributed by atoms with Crippen LogP contribution in [-0.2, 0) is 0 Å². The molecule has 0 radical (unpaired) electrons. The van der Waals surface area contributed by atoms with Gasteiger partial charge in [0.1, 0.15) is 11.5 Å². The SMILES string of the molecule is O=[N+]([O-])c1ccc(OCCCCOc2ccc(I)cc2)cc1. The Morgan fingerprint density at radius 1 is 0.864 bits per heavy atom. The molecule has 0 amide bonds. The minimum absolute atomic E-state index is 0.0678. The maximum Gasteiger partial charge on any atom is 0.269 e. The van der Waals surface area contributed by atoms with Gasteiger partial charge in [0.2, 0.25) is 0 Å². The Morgan fingerprint density at radius 3 is 1.77 bits per heavy atom. The van der Waals surface area contributed by atoms with E-state index >= 15 is 0 Å². The average molecular weight is 413 g/mol. The second-order valence-electron chi connectivity index (χ2n) is 4.61. The van der Waals surface area contributed by atoms with Gasteiger partial charge in [0.25, 0.3) is 5.69 Å². The van der Waals surface area contributed by atoms with E-state index in [1.807, 2.05) is 24.3 Å². The molecule has 5 nitrogen and oxygen atoms in total. The number of unbranched alkanes of at least 4 members (excludes halogenated alkanes) is 1. The molecule has 0 aliphatic rings. The van der Waals surface area contributed by atoms with E-state index < -0.39 is 4.92 Å². The Kier molecular flexibility index (Phi) is 6.45. The van der Waals surface area contributed by atoms with Gasteiger partial charge in [0, 0.05) is 15.7 Å². The molecule has 2 rings (SSSR count). The van der Waals surface area contributed by atoms with Gasteiger partial charge in [-0.15, -0.1) is 0 Å². The van der Waals surface area contributed by atoms with Crippen LogP contribution in [0.3, 0.4) is 0 Å². The lowest BCUT2D eigenvalue weighted by Crippen LogP contribution is -2.02. The maximum atomic E-state index is 10.5. The largest absolute Gasteiger partial charge is 0.494 e. The van der Waals surface area contributed by atoms with E-state index in [-0.39, 0.29) is 5.69 Å². The number of rotatable bonds is 8. The quantitative estimate of drug-likeness (QED) is 0.278. The molecule has 0 fully saturated rings. The van der Waals surface area contributed by atoms with Gasteiger partial charge in [0.05, 0.1) is 18.1 Å². The number of hydrogen-bond acceptors (Lipinski definition) is 4. The molecule has 2 aromatic rings. The highest BCUT2D eigenvalue weighted by molar-refractivity contribution is 14.1. The summed E-state index contributed by atoms with van der Waals surface area (Å²) >= 11 is 2.25. The van der Waals surface area contributed by atoms with E-state index in [1.54, 1.807) is 12.1 Å². The van der Waals surface area contributed by atoms with Gasteiger partial charge >= 0.3 is 0 Å². The number of nitro groups is 1. The minimum atomic E-state index is -0.425. The Labute approximate surface area is 142 Å². The lowest BCUT2D eigenvalue weighted by Gasteiger charge is -2.07. The maximum absolute atomic E-state index is 10.5. The number of halogens is 1. The molecule has 0 aromatic heterocycles. The fourth-order valence-corrected chi connectivity index (χ4v) is 2.14. The standard InChI is InChI=1S/C16H16INO4/c17-13-3-7-15(8-4-13)21-11-1-2-12-22-16-9-5-14(6-10-16)18(19)20/h3-10H,1-2,11-12H2. The summed E-state index contributed by atoms with van der Waals surface area (Å²) in [4.78, 5) is 10.1. The number of hydrogen-bond donors (Lipinski definition) is 0. The van der Waals surface area contributed by atoms with Crippen LogP contribution in [0.5, 0.6) is 11.5 Å². The molecule has 0 heterocycles. The second kappa shape index (κ2) is 8.57. The van der Waals surface area contributed by atoms with Gasteiger partial charge < -0.3 is 9.47 Å². The molecule has 116 valence electrons. The molecule has 0 N–H and O–H groups in total. The van der Waals surface area contributed by atoms with Crippen LogP contribution < -0.4 is 9.47 Å². The van der Waals surface area contributed by atoms with Gasteiger partial charge in [0.15, 0.2) is 0 Å².